The summed E-state index contributed by atoms with van der Waals surface area (Å²) >= 11 is 1.32. The van der Waals surface area contributed by atoms with Gasteiger partial charge in [0.15, 0.2) is 10.9 Å². The summed E-state index contributed by atoms with van der Waals surface area (Å²) in [5, 5.41) is 7.74. The number of aromatic nitrogens is 1. The van der Waals surface area contributed by atoms with Crippen molar-refractivity contribution in [2.45, 2.75) is 32.1 Å². The number of rotatable bonds is 6. The van der Waals surface area contributed by atoms with Crippen molar-refractivity contribution in [2.75, 3.05) is 43.9 Å². The monoisotopic (exact) mass is 455 g/mol. The van der Waals surface area contributed by atoms with E-state index in [9.17, 15) is 14.4 Å². The average Bonchev–Trinajstić information content (AvgIpc) is 3.49. The third-order valence-corrected chi connectivity index (χ3v) is 6.88. The molecule has 1 saturated carbocycles. The van der Waals surface area contributed by atoms with Crippen LogP contribution < -0.4 is 10.6 Å². The predicted molar refractivity (Wildman–Crippen MR) is 125 cm³/mol. The number of nitrogens with zero attached hydrogens (tertiary/aromatic N) is 3. The third kappa shape index (κ3) is 5.52. The minimum atomic E-state index is -0.443. The number of Topliss-reactive ketones (excluding diaryl/α,β-unsaturated/α-hetero) is 1. The molecule has 1 aliphatic heterocycles. The van der Waals surface area contributed by atoms with Crippen LogP contribution in [0.4, 0.5) is 15.6 Å². The van der Waals surface area contributed by atoms with Crippen LogP contribution in [0.5, 0.6) is 0 Å². The lowest BCUT2D eigenvalue weighted by Crippen LogP contribution is -2.47. The van der Waals surface area contributed by atoms with Gasteiger partial charge in [-0.15, -0.1) is 11.3 Å². The van der Waals surface area contributed by atoms with Gasteiger partial charge in [0.2, 0.25) is 5.91 Å². The highest BCUT2D eigenvalue weighted by Crippen LogP contribution is 2.31. The zero-order valence-corrected chi connectivity index (χ0v) is 19.1. The van der Waals surface area contributed by atoms with Crippen LogP contribution in [0.1, 0.15) is 41.6 Å². The van der Waals surface area contributed by atoms with Crippen molar-refractivity contribution < 1.29 is 14.4 Å². The molecule has 2 aromatic rings. The maximum atomic E-state index is 13.3. The van der Waals surface area contributed by atoms with Crippen molar-refractivity contribution in [3.63, 3.8) is 0 Å². The van der Waals surface area contributed by atoms with Gasteiger partial charge in [-0.25, -0.2) is 9.78 Å². The van der Waals surface area contributed by atoms with E-state index in [4.69, 9.17) is 0 Å². The van der Waals surface area contributed by atoms with Gasteiger partial charge in [-0.05, 0) is 37.6 Å². The number of thiazole rings is 1. The smallest absolute Gasteiger partial charge is 0.325 e. The molecule has 2 fully saturated rings. The number of urea groups is 1. The molecule has 1 saturated heterocycles. The Balaban J connectivity index is 1.51. The quantitative estimate of drug-likeness (QED) is 0.651. The first-order chi connectivity index (χ1) is 15.5. The van der Waals surface area contributed by atoms with Crippen LogP contribution in [0.15, 0.2) is 29.8 Å². The van der Waals surface area contributed by atoms with E-state index in [1.54, 1.807) is 23.7 Å². The number of ketones is 1. The van der Waals surface area contributed by atoms with Gasteiger partial charge in [-0.1, -0.05) is 18.9 Å². The number of piperazine rings is 1. The highest BCUT2D eigenvalue weighted by molar-refractivity contribution is 7.13. The van der Waals surface area contributed by atoms with Gasteiger partial charge >= 0.3 is 6.03 Å². The summed E-state index contributed by atoms with van der Waals surface area (Å²) in [6.45, 7) is 3.18. The van der Waals surface area contributed by atoms with Crippen LogP contribution in [0, 0.1) is 5.92 Å². The lowest BCUT2D eigenvalue weighted by molar-refractivity contribution is -0.132. The molecular weight excluding hydrogens is 426 g/mol. The zero-order chi connectivity index (χ0) is 22.5. The Morgan fingerprint density at radius 1 is 1.09 bits per heavy atom. The SMILES string of the molecule is CN1CCN(C(=O)Cc2ccc(NC(=O)Nc3nccs3)c(C(=O)C3CCCC3)c2)CC1. The Morgan fingerprint density at radius 2 is 1.84 bits per heavy atom. The minimum Gasteiger partial charge on any atom is -0.340 e. The van der Waals surface area contributed by atoms with Crippen LogP contribution >= 0.6 is 11.3 Å². The van der Waals surface area contributed by atoms with Crippen LogP contribution in [0.3, 0.4) is 0 Å². The molecule has 32 heavy (non-hydrogen) atoms. The highest BCUT2D eigenvalue weighted by atomic mass is 32.1. The first kappa shape index (κ1) is 22.4. The molecule has 3 amide bonds. The average molecular weight is 456 g/mol. The second-order valence-electron chi connectivity index (χ2n) is 8.50. The number of carbonyl (C=O) groups excluding carboxylic acids is 3. The predicted octanol–water partition coefficient (Wildman–Crippen LogP) is 3.48. The van der Waals surface area contributed by atoms with Crippen molar-refractivity contribution in [3.05, 3.63) is 40.9 Å². The van der Waals surface area contributed by atoms with Crippen molar-refractivity contribution in [1.29, 1.82) is 0 Å². The van der Waals surface area contributed by atoms with Crippen molar-refractivity contribution >= 4 is 39.9 Å². The number of hydrogen-bond donors (Lipinski definition) is 2. The van der Waals surface area contributed by atoms with Crippen LogP contribution in [0.25, 0.3) is 0 Å². The first-order valence-electron chi connectivity index (χ1n) is 11.1. The number of likely N-dealkylation sites (N-methyl/N-ethyl adjacent to an activating group) is 1. The van der Waals surface area contributed by atoms with E-state index in [1.165, 1.54) is 11.3 Å². The van der Waals surface area contributed by atoms with Crippen molar-refractivity contribution in [3.8, 4) is 0 Å². The maximum Gasteiger partial charge on any atom is 0.325 e. The molecule has 0 radical (unpaired) electrons. The van der Waals surface area contributed by atoms with Gasteiger partial charge in [0, 0.05) is 49.2 Å². The molecule has 1 aliphatic carbocycles. The fourth-order valence-corrected chi connectivity index (χ4v) is 4.82. The van der Waals surface area contributed by atoms with Crippen molar-refractivity contribution in [2.24, 2.45) is 5.92 Å². The summed E-state index contributed by atoms with van der Waals surface area (Å²) < 4.78 is 0. The second kappa shape index (κ2) is 10.2. The van der Waals surface area contributed by atoms with Gasteiger partial charge in [0.1, 0.15) is 0 Å². The summed E-state index contributed by atoms with van der Waals surface area (Å²) in [4.78, 5) is 46.6. The van der Waals surface area contributed by atoms with E-state index in [0.29, 0.717) is 16.4 Å². The third-order valence-electron chi connectivity index (χ3n) is 6.19. The number of carbonyl (C=O) groups is 3. The first-order valence-corrected chi connectivity index (χ1v) is 12.0. The topological polar surface area (TPSA) is 94.6 Å². The molecule has 0 atom stereocenters. The minimum absolute atomic E-state index is 0.0267. The fraction of sp³-hybridized carbons (Fsp3) is 0.478. The highest BCUT2D eigenvalue weighted by Gasteiger charge is 2.27. The number of nitrogens with one attached hydrogen (secondary N) is 2. The lowest BCUT2D eigenvalue weighted by Gasteiger charge is -2.32. The zero-order valence-electron chi connectivity index (χ0n) is 18.3. The van der Waals surface area contributed by atoms with E-state index in [0.717, 1.165) is 57.4 Å². The Kier molecular flexibility index (Phi) is 7.16. The molecule has 0 bridgehead atoms. The molecule has 2 heterocycles. The van der Waals surface area contributed by atoms with Gasteiger partial charge in [0.05, 0.1) is 12.1 Å². The van der Waals surface area contributed by atoms with E-state index in [2.05, 4.69) is 27.6 Å². The fourth-order valence-electron chi connectivity index (χ4n) is 4.30. The van der Waals surface area contributed by atoms with Crippen LogP contribution in [-0.2, 0) is 11.2 Å². The Hall–Kier alpha value is -2.78. The van der Waals surface area contributed by atoms with Crippen LogP contribution in [-0.4, -0.2) is 65.7 Å². The Labute approximate surface area is 192 Å². The number of anilines is 2. The molecule has 0 spiro atoms. The molecule has 0 unspecified atom stereocenters. The molecule has 8 nitrogen and oxygen atoms in total. The molecule has 1 aromatic carbocycles. The van der Waals surface area contributed by atoms with Gasteiger partial charge < -0.3 is 15.1 Å². The van der Waals surface area contributed by atoms with E-state index >= 15 is 0 Å². The van der Waals surface area contributed by atoms with Crippen molar-refractivity contribution in [1.82, 2.24) is 14.8 Å². The van der Waals surface area contributed by atoms with E-state index < -0.39 is 6.03 Å². The molecular formula is C23H29N5O3S. The number of amides is 3. The number of benzene rings is 1. The Morgan fingerprint density at radius 3 is 2.53 bits per heavy atom. The van der Waals surface area contributed by atoms with Gasteiger partial charge in [-0.3, -0.25) is 14.9 Å². The summed E-state index contributed by atoms with van der Waals surface area (Å²) in [7, 11) is 2.05. The largest absolute Gasteiger partial charge is 0.340 e. The van der Waals surface area contributed by atoms with Gasteiger partial charge in [0.25, 0.3) is 0 Å². The Bertz CT molecular complexity index is 964. The molecule has 2 N–H and O–H groups in total. The van der Waals surface area contributed by atoms with Crippen LogP contribution in [0.2, 0.25) is 0 Å². The standard InChI is InChI=1S/C23H29N5O3S/c1-27-9-11-28(12-10-27)20(29)15-16-6-7-19(25-22(31)26-23-24-8-13-32-23)18(14-16)21(30)17-4-2-3-5-17/h6-8,13-14,17H,2-5,9-12,15H2,1H3,(H2,24,25,26,31). The van der Waals surface area contributed by atoms with E-state index in [1.807, 2.05) is 11.0 Å². The van der Waals surface area contributed by atoms with E-state index in [-0.39, 0.29) is 24.0 Å². The molecule has 170 valence electrons. The summed E-state index contributed by atoms with van der Waals surface area (Å²) in [5.74, 6) is 0.0849. The summed E-state index contributed by atoms with van der Waals surface area (Å²) in [5.41, 5.74) is 1.74. The second-order valence-corrected chi connectivity index (χ2v) is 9.40. The molecule has 1 aromatic heterocycles. The summed E-state index contributed by atoms with van der Waals surface area (Å²) in [6, 6.07) is 4.89. The molecule has 9 heteroatoms. The van der Waals surface area contributed by atoms with Gasteiger partial charge in [-0.2, -0.15) is 0 Å². The lowest BCUT2D eigenvalue weighted by atomic mass is 9.93. The maximum absolute atomic E-state index is 13.3. The molecule has 4 rings (SSSR count). The summed E-state index contributed by atoms with van der Waals surface area (Å²) in [6.07, 6.45) is 5.69. The normalized spacial score (nSPS) is 17.3. The number of hydrogen-bond acceptors (Lipinski definition) is 6. The molecule has 2 aliphatic rings.